The maximum atomic E-state index is 5.88. The Kier molecular flexibility index (Phi) is 2.68. The predicted molar refractivity (Wildman–Crippen MR) is 70.3 cm³/mol. The van der Waals surface area contributed by atoms with Gasteiger partial charge in [-0.25, -0.2) is 0 Å². The molecule has 1 aromatic heterocycles. The molecular formula is C13H16N4O. The highest BCUT2D eigenvalue weighted by atomic mass is 16.5. The van der Waals surface area contributed by atoms with Gasteiger partial charge in [-0.2, -0.15) is 5.10 Å². The number of H-pyrrole nitrogens is 1. The van der Waals surface area contributed by atoms with Crippen molar-refractivity contribution in [3.8, 4) is 17.0 Å². The minimum absolute atomic E-state index is 0.303. The number of hydrogen-bond acceptors (Lipinski definition) is 4. The molecule has 5 heteroatoms. The highest BCUT2D eigenvalue weighted by Gasteiger charge is 2.24. The highest BCUT2D eigenvalue weighted by Crippen LogP contribution is 2.25. The summed E-state index contributed by atoms with van der Waals surface area (Å²) in [5.41, 5.74) is 7.54. The summed E-state index contributed by atoms with van der Waals surface area (Å²) >= 11 is 0. The molecule has 3 rings (SSSR count). The lowest BCUT2D eigenvalue weighted by atomic mass is 10.1. The van der Waals surface area contributed by atoms with E-state index in [1.165, 1.54) is 0 Å². The third kappa shape index (κ3) is 2.17. The van der Waals surface area contributed by atoms with Crippen molar-refractivity contribution in [1.29, 1.82) is 0 Å². The molecule has 0 radical (unpaired) electrons. The Morgan fingerprint density at radius 3 is 2.89 bits per heavy atom. The number of anilines is 1. The summed E-state index contributed by atoms with van der Waals surface area (Å²) < 4.78 is 5.88. The van der Waals surface area contributed by atoms with Crippen LogP contribution in [-0.4, -0.2) is 41.3 Å². The highest BCUT2D eigenvalue weighted by molar-refractivity contribution is 5.63. The monoisotopic (exact) mass is 244 g/mol. The maximum Gasteiger partial charge on any atom is 0.145 e. The molecule has 0 amide bonds. The van der Waals surface area contributed by atoms with E-state index in [2.05, 4.69) is 22.1 Å². The van der Waals surface area contributed by atoms with Gasteiger partial charge >= 0.3 is 0 Å². The molecule has 0 saturated carbocycles. The third-order valence-corrected chi connectivity index (χ3v) is 3.08. The average molecular weight is 244 g/mol. The zero-order valence-corrected chi connectivity index (χ0v) is 10.3. The molecule has 2 heterocycles. The van der Waals surface area contributed by atoms with Crippen molar-refractivity contribution in [3.63, 3.8) is 0 Å². The van der Waals surface area contributed by atoms with Crippen LogP contribution in [0, 0.1) is 0 Å². The molecule has 0 unspecified atom stereocenters. The lowest BCUT2D eigenvalue weighted by Gasteiger charge is -2.36. The van der Waals surface area contributed by atoms with Crippen LogP contribution in [0.4, 0.5) is 5.82 Å². The van der Waals surface area contributed by atoms with Crippen LogP contribution < -0.4 is 10.5 Å². The second-order valence-corrected chi connectivity index (χ2v) is 4.70. The third-order valence-electron chi connectivity index (χ3n) is 3.08. The fraction of sp³-hybridized carbons (Fsp3) is 0.308. The van der Waals surface area contributed by atoms with Crippen LogP contribution in [0.3, 0.4) is 0 Å². The first-order chi connectivity index (χ1) is 8.70. The van der Waals surface area contributed by atoms with E-state index in [1.807, 2.05) is 30.3 Å². The van der Waals surface area contributed by atoms with Crippen LogP contribution in [0.25, 0.3) is 11.3 Å². The van der Waals surface area contributed by atoms with Gasteiger partial charge in [0.2, 0.25) is 0 Å². The average Bonchev–Trinajstić information content (AvgIpc) is 2.74. The molecule has 1 aliphatic rings. The van der Waals surface area contributed by atoms with Gasteiger partial charge in [0, 0.05) is 24.7 Å². The molecule has 0 bridgehead atoms. The number of aromatic amines is 1. The Morgan fingerprint density at radius 1 is 1.39 bits per heavy atom. The molecule has 2 aromatic rings. The molecule has 0 aliphatic carbocycles. The molecule has 1 aromatic carbocycles. The fourth-order valence-electron chi connectivity index (χ4n) is 2.13. The molecule has 0 atom stereocenters. The lowest BCUT2D eigenvalue weighted by Crippen LogP contribution is -2.51. The number of likely N-dealkylation sites (tertiary alicyclic amines) is 1. The summed E-state index contributed by atoms with van der Waals surface area (Å²) in [5.74, 6) is 1.38. The van der Waals surface area contributed by atoms with E-state index in [0.29, 0.717) is 11.9 Å². The number of hydrogen-bond donors (Lipinski definition) is 2. The van der Waals surface area contributed by atoms with Gasteiger partial charge < -0.3 is 10.5 Å². The van der Waals surface area contributed by atoms with Crippen LogP contribution in [0.2, 0.25) is 0 Å². The largest absolute Gasteiger partial charge is 0.488 e. The number of nitrogens with two attached hydrogens (primary N) is 1. The summed E-state index contributed by atoms with van der Waals surface area (Å²) in [4.78, 5) is 2.23. The molecule has 0 spiro atoms. The van der Waals surface area contributed by atoms with Gasteiger partial charge in [-0.05, 0) is 19.2 Å². The van der Waals surface area contributed by atoms with Gasteiger partial charge in [-0.1, -0.05) is 12.1 Å². The Bertz CT molecular complexity index is 545. The Balaban J connectivity index is 1.76. The number of likely N-dealkylation sites (N-methyl/N-ethyl adjacent to an activating group) is 1. The van der Waals surface area contributed by atoms with Crippen LogP contribution in [0.15, 0.2) is 30.3 Å². The van der Waals surface area contributed by atoms with Crippen LogP contribution in [-0.2, 0) is 0 Å². The number of nitrogens with one attached hydrogen (secondary N) is 1. The van der Waals surface area contributed by atoms with Gasteiger partial charge in [-0.3, -0.25) is 10.00 Å². The molecule has 18 heavy (non-hydrogen) atoms. The van der Waals surface area contributed by atoms with Crippen molar-refractivity contribution in [2.75, 3.05) is 25.9 Å². The van der Waals surface area contributed by atoms with E-state index in [1.54, 1.807) is 0 Å². The molecule has 1 saturated heterocycles. The summed E-state index contributed by atoms with van der Waals surface area (Å²) in [6.07, 6.45) is 0.303. The van der Waals surface area contributed by atoms with Crippen LogP contribution >= 0.6 is 0 Å². The van der Waals surface area contributed by atoms with E-state index in [4.69, 9.17) is 10.5 Å². The van der Waals surface area contributed by atoms with Crippen molar-refractivity contribution in [2.45, 2.75) is 6.10 Å². The molecule has 3 N–H and O–H groups in total. The quantitative estimate of drug-likeness (QED) is 0.855. The smallest absolute Gasteiger partial charge is 0.145 e. The van der Waals surface area contributed by atoms with Crippen molar-refractivity contribution in [3.05, 3.63) is 30.3 Å². The van der Waals surface area contributed by atoms with Crippen molar-refractivity contribution >= 4 is 5.82 Å². The zero-order chi connectivity index (χ0) is 12.5. The molecular weight excluding hydrogens is 228 g/mol. The van der Waals surface area contributed by atoms with Gasteiger partial charge in [0.1, 0.15) is 17.7 Å². The van der Waals surface area contributed by atoms with Gasteiger partial charge in [-0.15, -0.1) is 0 Å². The van der Waals surface area contributed by atoms with Crippen LogP contribution in [0.1, 0.15) is 0 Å². The van der Waals surface area contributed by atoms with Crippen LogP contribution in [0.5, 0.6) is 5.75 Å². The van der Waals surface area contributed by atoms with E-state index < -0.39 is 0 Å². The lowest BCUT2D eigenvalue weighted by molar-refractivity contribution is 0.0389. The minimum atomic E-state index is 0.303. The zero-order valence-electron chi connectivity index (χ0n) is 10.3. The molecule has 5 nitrogen and oxygen atoms in total. The second-order valence-electron chi connectivity index (χ2n) is 4.70. The SMILES string of the molecule is CN1CC(Oc2cccc(-c3cc(N)n[nH]3)c2)C1. The van der Waals surface area contributed by atoms with Crippen molar-refractivity contribution in [2.24, 2.45) is 0 Å². The van der Waals surface area contributed by atoms with E-state index in [0.717, 1.165) is 30.1 Å². The predicted octanol–water partition coefficient (Wildman–Crippen LogP) is 1.35. The van der Waals surface area contributed by atoms with Crippen molar-refractivity contribution in [1.82, 2.24) is 15.1 Å². The number of nitrogens with zero attached hydrogens (tertiary/aromatic N) is 2. The summed E-state index contributed by atoms with van der Waals surface area (Å²) in [5, 5.41) is 6.82. The van der Waals surface area contributed by atoms with Gasteiger partial charge in [0.05, 0.1) is 5.69 Å². The Labute approximate surface area is 106 Å². The first kappa shape index (κ1) is 11.1. The molecule has 1 fully saturated rings. The Hall–Kier alpha value is -2.01. The number of aromatic nitrogens is 2. The number of ether oxygens (including phenoxy) is 1. The van der Waals surface area contributed by atoms with E-state index in [-0.39, 0.29) is 0 Å². The van der Waals surface area contributed by atoms with E-state index in [9.17, 15) is 0 Å². The maximum absolute atomic E-state index is 5.88. The van der Waals surface area contributed by atoms with E-state index >= 15 is 0 Å². The minimum Gasteiger partial charge on any atom is -0.488 e. The van der Waals surface area contributed by atoms with Gasteiger partial charge in [0.15, 0.2) is 0 Å². The summed E-state index contributed by atoms with van der Waals surface area (Å²) in [7, 11) is 2.09. The summed E-state index contributed by atoms with van der Waals surface area (Å²) in [6, 6.07) is 9.78. The van der Waals surface area contributed by atoms with Gasteiger partial charge in [0.25, 0.3) is 0 Å². The van der Waals surface area contributed by atoms with Crippen molar-refractivity contribution < 1.29 is 4.74 Å². The number of benzene rings is 1. The topological polar surface area (TPSA) is 67.2 Å². The second kappa shape index (κ2) is 4.34. The first-order valence-electron chi connectivity index (χ1n) is 5.97. The number of nitrogen functional groups attached to an aromatic ring is 1. The normalized spacial score (nSPS) is 16.5. The Morgan fingerprint density at radius 2 is 2.22 bits per heavy atom. The molecule has 94 valence electrons. The standard InChI is InChI=1S/C13H16N4O/c1-17-7-11(8-17)18-10-4-2-3-9(5-10)12-6-13(14)16-15-12/h2-6,11H,7-8H2,1H3,(H3,14,15,16). The summed E-state index contributed by atoms with van der Waals surface area (Å²) in [6.45, 7) is 1.97. The molecule has 1 aliphatic heterocycles. The fourth-order valence-corrected chi connectivity index (χ4v) is 2.13. The first-order valence-corrected chi connectivity index (χ1v) is 5.97. The number of rotatable bonds is 3.